The maximum absolute atomic E-state index is 13.0. The van der Waals surface area contributed by atoms with Crippen LogP contribution in [0.2, 0.25) is 0 Å². The first-order chi connectivity index (χ1) is 17.4. The van der Waals surface area contributed by atoms with E-state index in [-0.39, 0.29) is 35.6 Å². The molecule has 1 aliphatic heterocycles. The molecule has 5 rings (SSSR count). The zero-order valence-corrected chi connectivity index (χ0v) is 20.4. The van der Waals surface area contributed by atoms with Crippen LogP contribution in [-0.4, -0.2) is 49.6 Å². The molecule has 1 aliphatic rings. The first kappa shape index (κ1) is 23.4. The van der Waals surface area contributed by atoms with Crippen LogP contribution < -0.4 is 15.6 Å². The number of aryl methyl sites for hydroxylation is 1. The van der Waals surface area contributed by atoms with Crippen molar-refractivity contribution in [2.75, 3.05) is 11.9 Å². The van der Waals surface area contributed by atoms with Gasteiger partial charge in [-0.3, -0.25) is 19.0 Å². The Morgan fingerprint density at radius 3 is 2.61 bits per heavy atom. The lowest BCUT2D eigenvalue weighted by Gasteiger charge is -2.21. The normalized spacial score (nSPS) is 15.8. The molecule has 4 aromatic rings. The van der Waals surface area contributed by atoms with Gasteiger partial charge in [-0.25, -0.2) is 9.78 Å². The molecule has 1 saturated heterocycles. The number of thiocarbonyl (C=S) groups is 1. The lowest BCUT2D eigenvalue weighted by atomic mass is 10.1. The molecule has 0 saturated carbocycles. The average molecular weight is 508 g/mol. The highest BCUT2D eigenvalue weighted by atomic mass is 32.1. The van der Waals surface area contributed by atoms with Crippen molar-refractivity contribution in [3.8, 4) is 11.5 Å². The standard InChI is InChI=1S/C24H22N6O5S/c1-3-29-22(32)17(30(24(29)36)13-18-23(33)35-27-28(18)2)12-20(31)25-15-10-8-14(9-11-15)21-26-16-6-4-5-7-19(16)34-21/h4-11,17H,3,12-13H2,1-2H3,(H-,25,26,27,31,33)/p+1. The Balaban J connectivity index is 1.30. The second-order valence-corrected chi connectivity index (χ2v) is 8.68. The van der Waals surface area contributed by atoms with Gasteiger partial charge in [0.15, 0.2) is 17.7 Å². The molecule has 2 aromatic heterocycles. The summed E-state index contributed by atoms with van der Waals surface area (Å²) < 4.78 is 12.0. The first-order valence-corrected chi connectivity index (χ1v) is 11.7. The van der Waals surface area contributed by atoms with Crippen molar-refractivity contribution in [2.24, 2.45) is 7.05 Å². The van der Waals surface area contributed by atoms with Crippen LogP contribution in [0.5, 0.6) is 0 Å². The van der Waals surface area contributed by atoms with Crippen molar-refractivity contribution < 1.29 is 23.2 Å². The SMILES string of the molecule is CCN1C(=O)C(CC(=O)Nc2ccc(-c3nc4ccccc4o3)cc2)N(Cc2c(=O)o[nH][n+]2C)C1=S. The van der Waals surface area contributed by atoms with Gasteiger partial charge >= 0.3 is 11.3 Å². The van der Waals surface area contributed by atoms with Crippen molar-refractivity contribution in [1.82, 2.24) is 20.1 Å². The molecule has 36 heavy (non-hydrogen) atoms. The largest absolute Gasteiger partial charge is 0.436 e. The van der Waals surface area contributed by atoms with Gasteiger partial charge in [0.2, 0.25) is 11.8 Å². The van der Waals surface area contributed by atoms with Gasteiger partial charge in [0.05, 0.1) is 6.42 Å². The van der Waals surface area contributed by atoms with Gasteiger partial charge in [0, 0.05) is 17.8 Å². The molecule has 11 nitrogen and oxygen atoms in total. The van der Waals surface area contributed by atoms with E-state index < -0.39 is 11.7 Å². The van der Waals surface area contributed by atoms with E-state index in [0.717, 1.165) is 11.1 Å². The van der Waals surface area contributed by atoms with Gasteiger partial charge in [-0.2, -0.15) is 0 Å². The van der Waals surface area contributed by atoms with Crippen molar-refractivity contribution in [3.05, 3.63) is 64.6 Å². The number of carbonyl (C=O) groups excluding carboxylic acids is 2. The van der Waals surface area contributed by atoms with Crippen molar-refractivity contribution >= 4 is 45.9 Å². The summed E-state index contributed by atoms with van der Waals surface area (Å²) in [5, 5.41) is 5.53. The minimum atomic E-state index is -0.842. The summed E-state index contributed by atoms with van der Waals surface area (Å²) >= 11 is 5.47. The minimum Gasteiger partial charge on any atom is -0.436 e. The van der Waals surface area contributed by atoms with Gasteiger partial charge in [0.1, 0.15) is 18.1 Å². The molecule has 3 heterocycles. The van der Waals surface area contributed by atoms with Crippen LogP contribution in [0.15, 0.2) is 62.3 Å². The van der Waals surface area contributed by atoms with E-state index in [1.165, 1.54) is 9.58 Å². The number of nitrogens with zero attached hydrogens (tertiary/aromatic N) is 4. The van der Waals surface area contributed by atoms with E-state index in [4.69, 9.17) is 21.2 Å². The fraction of sp³-hybridized carbons (Fsp3) is 0.250. The van der Waals surface area contributed by atoms with Crippen molar-refractivity contribution in [2.45, 2.75) is 25.9 Å². The summed E-state index contributed by atoms with van der Waals surface area (Å²) in [5.41, 5.74) is 2.50. The molecule has 1 fully saturated rings. The molecule has 2 N–H and O–H groups in total. The Hall–Kier alpha value is -4.32. The highest BCUT2D eigenvalue weighted by Gasteiger charge is 2.44. The molecule has 1 atom stereocenters. The van der Waals surface area contributed by atoms with Crippen LogP contribution in [0.1, 0.15) is 19.0 Å². The fourth-order valence-corrected chi connectivity index (χ4v) is 4.55. The smallest absolute Gasteiger partial charge is 0.431 e. The van der Waals surface area contributed by atoms with Crippen LogP contribution in [0.25, 0.3) is 22.6 Å². The van der Waals surface area contributed by atoms with Crippen LogP contribution in [-0.2, 0) is 23.2 Å². The quantitative estimate of drug-likeness (QED) is 0.287. The number of para-hydroxylation sites is 2. The number of rotatable bonds is 7. The summed E-state index contributed by atoms with van der Waals surface area (Å²) in [5.74, 6) is -0.164. The van der Waals surface area contributed by atoms with Gasteiger partial charge in [-0.05, 0) is 60.8 Å². The van der Waals surface area contributed by atoms with E-state index in [2.05, 4.69) is 15.6 Å². The first-order valence-electron chi connectivity index (χ1n) is 11.3. The van der Waals surface area contributed by atoms with Gasteiger partial charge < -0.3 is 14.6 Å². The number of anilines is 1. The van der Waals surface area contributed by atoms with Gasteiger partial charge in [-0.1, -0.05) is 16.8 Å². The fourth-order valence-electron chi connectivity index (χ4n) is 4.13. The predicted molar refractivity (Wildman–Crippen MR) is 133 cm³/mol. The van der Waals surface area contributed by atoms with Gasteiger partial charge in [0.25, 0.3) is 5.91 Å². The van der Waals surface area contributed by atoms with E-state index in [0.29, 0.717) is 23.7 Å². The predicted octanol–water partition coefficient (Wildman–Crippen LogP) is 1.95. The molecule has 12 heteroatoms. The average Bonchev–Trinajstić information content (AvgIpc) is 3.50. The number of hydrogen-bond acceptors (Lipinski definition) is 7. The Morgan fingerprint density at radius 1 is 1.19 bits per heavy atom. The van der Waals surface area contributed by atoms with E-state index in [1.807, 2.05) is 24.3 Å². The highest BCUT2D eigenvalue weighted by Crippen LogP contribution is 2.26. The summed E-state index contributed by atoms with van der Waals surface area (Å²) in [7, 11) is 1.62. The summed E-state index contributed by atoms with van der Waals surface area (Å²) in [4.78, 5) is 45.4. The van der Waals surface area contributed by atoms with E-state index in [9.17, 15) is 14.4 Å². The maximum Gasteiger partial charge on any atom is 0.431 e. The minimum absolute atomic E-state index is 0.0283. The van der Waals surface area contributed by atoms with E-state index in [1.54, 1.807) is 43.1 Å². The molecule has 0 aliphatic carbocycles. The molecule has 0 bridgehead atoms. The number of oxazole rings is 1. The number of nitrogens with one attached hydrogen (secondary N) is 2. The number of hydrogen-bond donors (Lipinski definition) is 2. The molecule has 0 spiro atoms. The lowest BCUT2D eigenvalue weighted by molar-refractivity contribution is -0.746. The Bertz CT molecular complexity index is 1490. The Labute approximate surface area is 210 Å². The molecular formula is C24H23N6O5S+. The van der Waals surface area contributed by atoms with Crippen molar-refractivity contribution in [1.29, 1.82) is 0 Å². The number of H-pyrrole nitrogens is 1. The number of aromatic nitrogens is 3. The van der Waals surface area contributed by atoms with Crippen LogP contribution in [0, 0.1) is 0 Å². The molecule has 184 valence electrons. The van der Waals surface area contributed by atoms with E-state index >= 15 is 0 Å². The van der Waals surface area contributed by atoms with Gasteiger partial charge in [-0.15, -0.1) is 0 Å². The Morgan fingerprint density at radius 2 is 1.94 bits per heavy atom. The number of benzene rings is 2. The van der Waals surface area contributed by atoms with Crippen LogP contribution >= 0.6 is 12.2 Å². The molecule has 2 aromatic carbocycles. The number of likely N-dealkylation sites (N-methyl/N-ethyl adjacent to an activating group) is 1. The molecule has 1 unspecified atom stereocenters. The zero-order valence-electron chi connectivity index (χ0n) is 19.6. The topological polar surface area (TPSA) is 129 Å². The summed E-state index contributed by atoms with van der Waals surface area (Å²) in [6.45, 7) is 2.19. The van der Waals surface area contributed by atoms with Crippen LogP contribution in [0.4, 0.5) is 5.69 Å². The Kier molecular flexibility index (Phi) is 6.10. The summed E-state index contributed by atoms with van der Waals surface area (Å²) in [6.07, 6.45) is -0.137. The molecular weight excluding hydrogens is 484 g/mol. The maximum atomic E-state index is 13.0. The van der Waals surface area contributed by atoms with Crippen molar-refractivity contribution in [3.63, 3.8) is 0 Å². The van der Waals surface area contributed by atoms with Crippen LogP contribution in [0.3, 0.4) is 0 Å². The lowest BCUT2D eigenvalue weighted by Crippen LogP contribution is -2.44. The third-order valence-corrected chi connectivity index (χ3v) is 6.50. The number of fused-ring (bicyclic) bond motifs is 1. The molecule has 2 amide bonds. The number of amides is 2. The highest BCUT2D eigenvalue weighted by molar-refractivity contribution is 7.80. The second kappa shape index (κ2) is 9.38. The zero-order chi connectivity index (χ0) is 25.4. The third-order valence-electron chi connectivity index (χ3n) is 6.04. The third kappa shape index (κ3) is 4.26. The summed E-state index contributed by atoms with van der Waals surface area (Å²) in [6, 6.07) is 13.7. The number of carbonyl (C=O) groups is 2. The molecule has 0 radical (unpaired) electrons. The number of aromatic amines is 1. The second-order valence-electron chi connectivity index (χ2n) is 8.31. The monoisotopic (exact) mass is 507 g/mol.